The van der Waals surface area contributed by atoms with Gasteiger partial charge in [-0.2, -0.15) is 0 Å². The van der Waals surface area contributed by atoms with Crippen LogP contribution in [0.2, 0.25) is 5.02 Å². The van der Waals surface area contributed by atoms with Gasteiger partial charge in [0.25, 0.3) is 0 Å². The van der Waals surface area contributed by atoms with Crippen molar-refractivity contribution >= 4 is 33.4 Å². The molecule has 0 saturated heterocycles. The molecular weight excluding hydrogens is 279 g/mol. The fraction of sp³-hybridized carbons (Fsp3) is 0.300. The summed E-state index contributed by atoms with van der Waals surface area (Å²) in [6, 6.07) is 7.45. The van der Waals surface area contributed by atoms with Gasteiger partial charge in [-0.25, -0.2) is 0 Å². The van der Waals surface area contributed by atoms with Crippen molar-refractivity contribution in [2.24, 2.45) is 5.16 Å². The van der Waals surface area contributed by atoms with Crippen LogP contribution in [0.25, 0.3) is 0 Å². The van der Waals surface area contributed by atoms with Gasteiger partial charge in [-0.15, -0.1) is 0 Å². The monoisotopic (exact) mass is 288 g/mol. The van der Waals surface area contributed by atoms with E-state index in [1.807, 2.05) is 31.2 Å². The van der Waals surface area contributed by atoms with E-state index in [1.54, 1.807) is 0 Å². The van der Waals surface area contributed by atoms with E-state index in [0.29, 0.717) is 5.02 Å². The molecule has 0 aromatic heterocycles. The molecule has 1 aliphatic heterocycles. The lowest BCUT2D eigenvalue weighted by Crippen LogP contribution is -2.35. The van der Waals surface area contributed by atoms with E-state index in [-0.39, 0.29) is 11.1 Å². The Morgan fingerprint density at radius 2 is 2.13 bits per heavy atom. The van der Waals surface area contributed by atoms with Crippen LogP contribution in [0.1, 0.15) is 12.5 Å². The maximum Gasteiger partial charge on any atom is 0.211 e. The lowest BCUT2D eigenvalue weighted by Gasteiger charge is -2.11. The molecule has 3 nitrogen and oxygen atoms in total. The average Bonchev–Trinajstić information content (AvgIpc) is 2.68. The molecule has 0 fully saturated rings. The highest BCUT2D eigenvalue weighted by Crippen LogP contribution is 2.15. The minimum atomic E-state index is -0.115. The Hall–Kier alpha value is -0.740. The van der Waals surface area contributed by atoms with E-state index in [1.165, 1.54) is 0 Å². The molecule has 0 bridgehead atoms. The average molecular weight is 290 g/mol. The number of nitrogens with one attached hydrogen (secondary N) is 1. The number of halogens is 2. The molecule has 0 amide bonds. The molecule has 0 saturated carbocycles. The third-order valence-corrected chi connectivity index (χ3v) is 2.80. The highest BCUT2D eigenvalue weighted by molar-refractivity contribution is 9.09. The molecule has 1 N–H and O–H groups in total. The summed E-state index contributed by atoms with van der Waals surface area (Å²) in [6.07, 6.45) is -0.115. The number of rotatable bonds is 2. The maximum absolute atomic E-state index is 5.80. The highest BCUT2D eigenvalue weighted by atomic mass is 79.9. The summed E-state index contributed by atoms with van der Waals surface area (Å²) in [4.78, 5) is 5.41. The molecule has 0 radical (unpaired) electrons. The number of amidine groups is 1. The van der Waals surface area contributed by atoms with Crippen LogP contribution in [0.4, 0.5) is 0 Å². The zero-order valence-corrected chi connectivity index (χ0v) is 10.4. The van der Waals surface area contributed by atoms with Crippen LogP contribution in [0.3, 0.4) is 0 Å². The summed E-state index contributed by atoms with van der Waals surface area (Å²) in [7, 11) is 0. The lowest BCUT2D eigenvalue weighted by atomic mass is 10.2. The summed E-state index contributed by atoms with van der Waals surface area (Å²) in [5, 5.41) is 7.85. The van der Waals surface area contributed by atoms with Crippen LogP contribution in [-0.4, -0.2) is 16.9 Å². The van der Waals surface area contributed by atoms with Gasteiger partial charge in [-0.3, -0.25) is 0 Å². The molecule has 2 atom stereocenters. The second kappa shape index (κ2) is 4.41. The Bertz CT molecular complexity index is 378. The minimum Gasteiger partial charge on any atom is -0.367 e. The van der Waals surface area contributed by atoms with Crippen molar-refractivity contribution in [3.05, 3.63) is 34.9 Å². The van der Waals surface area contributed by atoms with Crippen LogP contribution in [0, 0.1) is 0 Å². The largest absolute Gasteiger partial charge is 0.367 e. The van der Waals surface area contributed by atoms with Crippen molar-refractivity contribution in [3.8, 4) is 0 Å². The van der Waals surface area contributed by atoms with E-state index in [2.05, 4.69) is 26.4 Å². The predicted octanol–water partition coefficient (Wildman–Crippen LogP) is 2.73. The third-order valence-electron chi connectivity index (χ3n) is 2.07. The van der Waals surface area contributed by atoms with Gasteiger partial charge in [0.05, 0.1) is 4.83 Å². The van der Waals surface area contributed by atoms with E-state index >= 15 is 0 Å². The van der Waals surface area contributed by atoms with E-state index in [4.69, 9.17) is 16.4 Å². The number of benzene rings is 1. The van der Waals surface area contributed by atoms with E-state index < -0.39 is 0 Å². The number of nitrogens with zero attached hydrogens (tertiary/aromatic N) is 1. The Balaban J connectivity index is 2.11. The number of oxime groups is 1. The fourth-order valence-corrected chi connectivity index (χ4v) is 1.59. The van der Waals surface area contributed by atoms with Gasteiger partial charge in [0.15, 0.2) is 5.84 Å². The van der Waals surface area contributed by atoms with Crippen molar-refractivity contribution in [1.82, 2.24) is 5.32 Å². The number of hydrogen-bond acceptors (Lipinski definition) is 3. The van der Waals surface area contributed by atoms with Crippen LogP contribution in [0.5, 0.6) is 0 Å². The van der Waals surface area contributed by atoms with Crippen molar-refractivity contribution in [2.45, 2.75) is 18.0 Å². The molecule has 0 spiro atoms. The van der Waals surface area contributed by atoms with Crippen molar-refractivity contribution in [3.63, 3.8) is 0 Å². The first kappa shape index (κ1) is 10.8. The molecule has 1 aromatic carbocycles. The molecule has 2 rings (SSSR count). The molecular formula is C10H10BrClN2O. The van der Waals surface area contributed by atoms with Gasteiger partial charge in [-0.05, 0) is 31.2 Å². The van der Waals surface area contributed by atoms with Crippen molar-refractivity contribution < 1.29 is 4.84 Å². The quantitative estimate of drug-likeness (QED) is 0.849. The van der Waals surface area contributed by atoms with E-state index in [0.717, 1.165) is 11.4 Å². The zero-order valence-electron chi connectivity index (χ0n) is 8.08. The summed E-state index contributed by atoms with van der Waals surface area (Å²) in [5.41, 5.74) is 0.968. The normalized spacial score (nSPS) is 21.5. The van der Waals surface area contributed by atoms with Crippen LogP contribution in [-0.2, 0) is 4.84 Å². The second-order valence-electron chi connectivity index (χ2n) is 3.29. The topological polar surface area (TPSA) is 33.6 Å². The molecule has 1 aliphatic rings. The van der Waals surface area contributed by atoms with Gasteiger partial charge < -0.3 is 10.2 Å². The first-order valence-electron chi connectivity index (χ1n) is 4.57. The summed E-state index contributed by atoms with van der Waals surface area (Å²) in [5.74, 6) is 0.739. The smallest absolute Gasteiger partial charge is 0.211 e. The Morgan fingerprint density at radius 3 is 2.67 bits per heavy atom. The summed E-state index contributed by atoms with van der Waals surface area (Å²) < 4.78 is 0. The predicted molar refractivity (Wildman–Crippen MR) is 64.4 cm³/mol. The summed E-state index contributed by atoms with van der Waals surface area (Å²) in [6.45, 7) is 2.00. The van der Waals surface area contributed by atoms with Crippen molar-refractivity contribution in [1.29, 1.82) is 0 Å². The maximum atomic E-state index is 5.80. The standard InChI is InChI=1S/C10H10BrClN2O/c1-6(11)10-13-9(14-15-10)7-2-4-8(12)5-3-7/h2-6,10H,1H3,(H,13,14). The van der Waals surface area contributed by atoms with Gasteiger partial charge >= 0.3 is 0 Å². The zero-order chi connectivity index (χ0) is 10.8. The molecule has 5 heteroatoms. The fourth-order valence-electron chi connectivity index (χ4n) is 1.24. The molecule has 1 aromatic rings. The molecule has 15 heavy (non-hydrogen) atoms. The van der Waals surface area contributed by atoms with Gasteiger partial charge in [0.2, 0.25) is 6.23 Å². The van der Waals surface area contributed by atoms with Gasteiger partial charge in [0, 0.05) is 10.6 Å². The Morgan fingerprint density at radius 1 is 1.47 bits per heavy atom. The Labute approximate surface area is 102 Å². The first-order chi connectivity index (χ1) is 7.16. The van der Waals surface area contributed by atoms with Gasteiger partial charge in [-0.1, -0.05) is 32.7 Å². The van der Waals surface area contributed by atoms with E-state index in [9.17, 15) is 0 Å². The van der Waals surface area contributed by atoms with Crippen molar-refractivity contribution in [2.75, 3.05) is 0 Å². The van der Waals surface area contributed by atoms with Crippen LogP contribution >= 0.6 is 27.5 Å². The summed E-state index contributed by atoms with van der Waals surface area (Å²) >= 11 is 9.23. The molecule has 2 unspecified atom stereocenters. The second-order valence-corrected chi connectivity index (χ2v) is 5.18. The third kappa shape index (κ3) is 2.44. The van der Waals surface area contributed by atoms with Gasteiger partial charge in [0.1, 0.15) is 0 Å². The minimum absolute atomic E-state index is 0.115. The van der Waals surface area contributed by atoms with Crippen LogP contribution in [0.15, 0.2) is 29.4 Å². The van der Waals surface area contributed by atoms with Crippen LogP contribution < -0.4 is 5.32 Å². The molecule has 0 aliphatic carbocycles. The molecule has 80 valence electrons. The lowest BCUT2D eigenvalue weighted by molar-refractivity contribution is 0.0758. The number of hydrogen-bond donors (Lipinski definition) is 1. The Kier molecular flexibility index (Phi) is 3.17. The SMILES string of the molecule is CC(Br)C1NC(c2ccc(Cl)cc2)=NO1. The number of alkyl halides is 1. The molecule has 1 heterocycles. The highest BCUT2D eigenvalue weighted by Gasteiger charge is 2.24. The first-order valence-corrected chi connectivity index (χ1v) is 5.86.